The third-order valence-corrected chi connectivity index (χ3v) is 4.55. The number of nitrogens with zero attached hydrogens (tertiary/aromatic N) is 5. The molecule has 23 heavy (non-hydrogen) atoms. The van der Waals surface area contributed by atoms with Crippen LogP contribution in [0.25, 0.3) is 0 Å². The first kappa shape index (κ1) is 15.8. The minimum absolute atomic E-state index is 0.195. The van der Waals surface area contributed by atoms with Gasteiger partial charge in [0.25, 0.3) is 5.56 Å². The summed E-state index contributed by atoms with van der Waals surface area (Å²) in [5.74, 6) is 0. The SMILES string of the molecule is Cn1ncc(N2CCN(c3nc(C(F)(F)F)cs3)CC2)cc1=O. The molecule has 0 unspecified atom stereocenters. The van der Waals surface area contributed by atoms with Crippen LogP contribution in [-0.4, -0.2) is 40.9 Å². The Hall–Kier alpha value is -2.10. The van der Waals surface area contributed by atoms with Gasteiger partial charge in [-0.25, -0.2) is 9.67 Å². The molecule has 124 valence electrons. The van der Waals surface area contributed by atoms with Gasteiger partial charge in [-0.3, -0.25) is 4.79 Å². The van der Waals surface area contributed by atoms with E-state index in [4.69, 9.17) is 0 Å². The van der Waals surface area contributed by atoms with Gasteiger partial charge in [0.15, 0.2) is 10.8 Å². The number of thiazole rings is 1. The third-order valence-electron chi connectivity index (χ3n) is 3.65. The van der Waals surface area contributed by atoms with E-state index in [1.165, 1.54) is 10.7 Å². The smallest absolute Gasteiger partial charge is 0.367 e. The average molecular weight is 345 g/mol. The van der Waals surface area contributed by atoms with E-state index in [1.807, 2.05) is 9.80 Å². The van der Waals surface area contributed by atoms with Gasteiger partial charge in [0, 0.05) is 44.7 Å². The normalized spacial score (nSPS) is 16.0. The molecule has 0 N–H and O–H groups in total. The van der Waals surface area contributed by atoms with Crippen LogP contribution in [0.4, 0.5) is 24.0 Å². The van der Waals surface area contributed by atoms with Gasteiger partial charge in [0.05, 0.1) is 11.9 Å². The van der Waals surface area contributed by atoms with E-state index in [-0.39, 0.29) is 5.56 Å². The number of anilines is 2. The van der Waals surface area contributed by atoms with Gasteiger partial charge in [0.2, 0.25) is 0 Å². The number of aromatic nitrogens is 3. The second kappa shape index (κ2) is 5.84. The lowest BCUT2D eigenvalue weighted by atomic mass is 10.3. The monoisotopic (exact) mass is 345 g/mol. The van der Waals surface area contributed by atoms with Crippen molar-refractivity contribution in [2.75, 3.05) is 36.0 Å². The summed E-state index contributed by atoms with van der Waals surface area (Å²) in [6.45, 7) is 2.27. The Morgan fingerprint density at radius 2 is 1.83 bits per heavy atom. The van der Waals surface area contributed by atoms with Gasteiger partial charge >= 0.3 is 6.18 Å². The van der Waals surface area contributed by atoms with E-state index in [0.29, 0.717) is 31.3 Å². The molecular weight excluding hydrogens is 331 g/mol. The molecular formula is C13H14F3N5OS. The van der Waals surface area contributed by atoms with Crippen LogP contribution in [0.3, 0.4) is 0 Å². The van der Waals surface area contributed by atoms with Crippen LogP contribution in [0.1, 0.15) is 5.69 Å². The Morgan fingerprint density at radius 1 is 1.17 bits per heavy atom. The fourth-order valence-electron chi connectivity index (χ4n) is 2.33. The highest BCUT2D eigenvalue weighted by molar-refractivity contribution is 7.13. The van der Waals surface area contributed by atoms with Crippen LogP contribution in [0.15, 0.2) is 22.4 Å². The van der Waals surface area contributed by atoms with Gasteiger partial charge < -0.3 is 9.80 Å². The number of hydrogen-bond acceptors (Lipinski definition) is 6. The first-order valence-corrected chi connectivity index (χ1v) is 7.78. The maximum atomic E-state index is 12.6. The van der Waals surface area contributed by atoms with Crippen LogP contribution in [-0.2, 0) is 13.2 Å². The Bertz CT molecular complexity index is 749. The van der Waals surface area contributed by atoms with Crippen molar-refractivity contribution < 1.29 is 13.2 Å². The second-order valence-corrected chi connectivity index (χ2v) is 6.00. The van der Waals surface area contributed by atoms with Gasteiger partial charge in [0.1, 0.15) is 0 Å². The van der Waals surface area contributed by atoms with Crippen molar-refractivity contribution in [2.24, 2.45) is 7.05 Å². The van der Waals surface area contributed by atoms with Crippen LogP contribution >= 0.6 is 11.3 Å². The minimum atomic E-state index is -4.41. The molecule has 0 spiro atoms. The molecule has 3 heterocycles. The molecule has 6 nitrogen and oxygen atoms in total. The molecule has 0 aromatic carbocycles. The third kappa shape index (κ3) is 3.31. The largest absolute Gasteiger partial charge is 0.434 e. The van der Waals surface area contributed by atoms with Crippen LogP contribution in [0.5, 0.6) is 0 Å². The van der Waals surface area contributed by atoms with Gasteiger partial charge in [-0.2, -0.15) is 18.3 Å². The van der Waals surface area contributed by atoms with E-state index in [1.54, 1.807) is 13.2 Å². The fourth-order valence-corrected chi connectivity index (χ4v) is 3.21. The maximum absolute atomic E-state index is 12.6. The number of alkyl halides is 3. The topological polar surface area (TPSA) is 54.3 Å². The lowest BCUT2D eigenvalue weighted by molar-refractivity contribution is -0.140. The zero-order valence-electron chi connectivity index (χ0n) is 12.2. The number of aryl methyl sites for hydroxylation is 1. The van der Waals surface area contributed by atoms with E-state index < -0.39 is 11.9 Å². The summed E-state index contributed by atoms with van der Waals surface area (Å²) in [5, 5.41) is 5.38. The van der Waals surface area contributed by atoms with Crippen molar-refractivity contribution in [1.82, 2.24) is 14.8 Å². The minimum Gasteiger partial charge on any atom is -0.367 e. The van der Waals surface area contributed by atoms with Crippen molar-refractivity contribution in [3.8, 4) is 0 Å². The molecule has 10 heteroatoms. The fraction of sp³-hybridized carbons (Fsp3) is 0.462. The highest BCUT2D eigenvalue weighted by Gasteiger charge is 2.34. The Morgan fingerprint density at radius 3 is 2.39 bits per heavy atom. The number of halogens is 3. The molecule has 2 aromatic heterocycles. The first-order chi connectivity index (χ1) is 10.8. The molecule has 0 aliphatic carbocycles. The summed E-state index contributed by atoms with van der Waals surface area (Å²) in [6.07, 6.45) is -2.80. The molecule has 0 saturated carbocycles. The average Bonchev–Trinajstić information content (AvgIpc) is 3.00. The van der Waals surface area contributed by atoms with Gasteiger partial charge in [-0.15, -0.1) is 11.3 Å². The number of hydrogen-bond donors (Lipinski definition) is 0. The van der Waals surface area contributed by atoms with Crippen molar-refractivity contribution in [2.45, 2.75) is 6.18 Å². The molecule has 3 rings (SSSR count). The molecule has 1 fully saturated rings. The number of piperazine rings is 1. The molecule has 2 aromatic rings. The van der Waals surface area contributed by atoms with E-state index in [9.17, 15) is 18.0 Å². The molecule has 0 radical (unpaired) electrons. The summed E-state index contributed by atoms with van der Waals surface area (Å²) < 4.78 is 39.0. The summed E-state index contributed by atoms with van der Waals surface area (Å²) in [7, 11) is 1.57. The van der Waals surface area contributed by atoms with Crippen LogP contribution in [0.2, 0.25) is 0 Å². The molecule has 1 saturated heterocycles. The van der Waals surface area contributed by atoms with Crippen molar-refractivity contribution >= 4 is 22.2 Å². The molecule has 0 amide bonds. The Balaban J connectivity index is 1.67. The summed E-state index contributed by atoms with van der Waals surface area (Å²) in [5.41, 5.74) is -0.321. The Labute approximate surface area is 133 Å². The van der Waals surface area contributed by atoms with Crippen molar-refractivity contribution in [3.05, 3.63) is 33.7 Å². The van der Waals surface area contributed by atoms with Gasteiger partial charge in [-0.05, 0) is 0 Å². The zero-order valence-corrected chi connectivity index (χ0v) is 13.1. The molecule has 1 aliphatic heterocycles. The second-order valence-electron chi connectivity index (χ2n) is 5.16. The predicted molar refractivity (Wildman–Crippen MR) is 81.0 cm³/mol. The van der Waals surface area contributed by atoms with Crippen molar-refractivity contribution in [1.29, 1.82) is 0 Å². The summed E-state index contributed by atoms with van der Waals surface area (Å²) in [6, 6.07) is 1.51. The highest BCUT2D eigenvalue weighted by atomic mass is 32.1. The van der Waals surface area contributed by atoms with Gasteiger partial charge in [-0.1, -0.05) is 0 Å². The van der Waals surface area contributed by atoms with Crippen molar-refractivity contribution in [3.63, 3.8) is 0 Å². The van der Waals surface area contributed by atoms with E-state index in [2.05, 4.69) is 10.1 Å². The highest BCUT2D eigenvalue weighted by Crippen LogP contribution is 2.33. The Kier molecular flexibility index (Phi) is 4.00. The van der Waals surface area contributed by atoms with E-state index >= 15 is 0 Å². The van der Waals surface area contributed by atoms with E-state index in [0.717, 1.165) is 22.4 Å². The summed E-state index contributed by atoms with van der Waals surface area (Å²) in [4.78, 5) is 19.1. The lowest BCUT2D eigenvalue weighted by Gasteiger charge is -2.35. The zero-order chi connectivity index (χ0) is 16.6. The predicted octanol–water partition coefficient (Wildman–Crippen LogP) is 1.58. The van der Waals surface area contributed by atoms with Crippen LogP contribution < -0.4 is 15.4 Å². The standard InChI is InChI=1S/C13H14F3N5OS/c1-19-11(22)6-9(7-17-19)20-2-4-21(5-3-20)12-18-10(8-23-12)13(14,15)16/h6-8H,2-5H2,1H3. The molecule has 0 atom stereocenters. The summed E-state index contributed by atoms with van der Waals surface area (Å²) >= 11 is 0.995. The molecule has 0 bridgehead atoms. The van der Waals surface area contributed by atoms with Crippen LogP contribution in [0, 0.1) is 0 Å². The number of rotatable bonds is 2. The first-order valence-electron chi connectivity index (χ1n) is 6.90. The quantitative estimate of drug-likeness (QED) is 0.827. The molecule has 1 aliphatic rings. The maximum Gasteiger partial charge on any atom is 0.434 e. The lowest BCUT2D eigenvalue weighted by Crippen LogP contribution is -2.47.